The van der Waals surface area contributed by atoms with E-state index in [1.807, 2.05) is 48.2 Å². The van der Waals surface area contributed by atoms with Crippen LogP contribution in [0.3, 0.4) is 0 Å². The van der Waals surface area contributed by atoms with Gasteiger partial charge < -0.3 is 19.5 Å². The summed E-state index contributed by atoms with van der Waals surface area (Å²) >= 11 is 0. The molecule has 2 saturated heterocycles. The fourth-order valence-electron chi connectivity index (χ4n) is 3.87. The predicted octanol–water partition coefficient (Wildman–Crippen LogP) is 3.47. The molecule has 33 heavy (non-hydrogen) atoms. The third-order valence-electron chi connectivity index (χ3n) is 5.65. The fourth-order valence-corrected chi connectivity index (χ4v) is 3.87. The maximum absolute atomic E-state index is 12.7. The molecule has 2 aromatic rings. The van der Waals surface area contributed by atoms with Gasteiger partial charge in [-0.1, -0.05) is 17.7 Å². The molecule has 1 aromatic heterocycles. The summed E-state index contributed by atoms with van der Waals surface area (Å²) in [6.07, 6.45) is -0.540. The third kappa shape index (κ3) is 6.29. The van der Waals surface area contributed by atoms with Crippen molar-refractivity contribution >= 4 is 11.9 Å². The molecule has 0 radical (unpaired) electrons. The zero-order valence-corrected chi connectivity index (χ0v) is 18.0. The monoisotopic (exact) mass is 466 g/mol. The quantitative estimate of drug-likeness (QED) is 0.726. The van der Waals surface area contributed by atoms with Crippen molar-refractivity contribution in [3.8, 4) is 0 Å². The Hall–Kier alpha value is -2.98. The number of nitrogens with zero attached hydrogens (tertiary/aromatic N) is 2. The summed E-state index contributed by atoms with van der Waals surface area (Å²) in [6, 6.07) is 11.7. The minimum Gasteiger partial charge on any atom is -0.475 e. The molecule has 7 nitrogen and oxygen atoms in total. The van der Waals surface area contributed by atoms with Gasteiger partial charge in [0, 0.05) is 30.5 Å². The molecule has 1 spiro atoms. The van der Waals surface area contributed by atoms with Crippen molar-refractivity contribution in [1.29, 1.82) is 0 Å². The lowest BCUT2D eigenvalue weighted by Gasteiger charge is -2.50. The molecule has 1 amide bonds. The van der Waals surface area contributed by atoms with E-state index in [0.717, 1.165) is 29.7 Å². The smallest absolute Gasteiger partial charge is 0.475 e. The van der Waals surface area contributed by atoms with E-state index in [1.165, 1.54) is 0 Å². The van der Waals surface area contributed by atoms with E-state index in [4.69, 9.17) is 19.4 Å². The van der Waals surface area contributed by atoms with Crippen LogP contribution in [0.2, 0.25) is 0 Å². The number of aryl methyl sites for hydroxylation is 1. The van der Waals surface area contributed by atoms with E-state index < -0.39 is 12.1 Å². The average molecular weight is 466 g/mol. The molecular weight excluding hydrogens is 441 g/mol. The second-order valence-electron chi connectivity index (χ2n) is 8.10. The van der Waals surface area contributed by atoms with Crippen molar-refractivity contribution < 1.29 is 37.3 Å². The summed E-state index contributed by atoms with van der Waals surface area (Å²) in [4.78, 5) is 27.5. The number of carboxylic acid groups (broad SMARTS) is 1. The maximum atomic E-state index is 12.7. The third-order valence-corrected chi connectivity index (χ3v) is 5.65. The maximum Gasteiger partial charge on any atom is 0.490 e. The highest BCUT2D eigenvalue weighted by atomic mass is 19.4. The van der Waals surface area contributed by atoms with Crippen LogP contribution in [0, 0.1) is 12.8 Å². The molecule has 0 bridgehead atoms. The van der Waals surface area contributed by atoms with E-state index in [-0.39, 0.29) is 11.5 Å². The van der Waals surface area contributed by atoms with Gasteiger partial charge in [-0.3, -0.25) is 9.78 Å². The lowest BCUT2D eigenvalue weighted by Crippen LogP contribution is -2.66. The van der Waals surface area contributed by atoms with Gasteiger partial charge in [0.25, 0.3) is 5.91 Å². The Morgan fingerprint density at radius 3 is 2.52 bits per heavy atom. The molecule has 2 fully saturated rings. The normalized spacial score (nSPS) is 18.9. The van der Waals surface area contributed by atoms with Crippen molar-refractivity contribution in [1.82, 2.24) is 9.88 Å². The Labute approximate surface area is 189 Å². The molecule has 3 heterocycles. The largest absolute Gasteiger partial charge is 0.490 e. The standard InChI is InChI=1S/C21H24N2O3.C2HF3O2/c1-16-3-2-4-18(11-16)20(24)23-14-21(15-23)19(7-10-26-21)13-25-12-17-5-8-22-9-6-17;3-2(4,5)1(6)7/h2-6,8-9,11,19H,7,10,12-15H2,1H3;(H,6,7). The Kier molecular flexibility index (Phi) is 7.70. The van der Waals surface area contributed by atoms with Gasteiger partial charge >= 0.3 is 12.1 Å². The number of carbonyl (C=O) groups excluding carboxylic acids is 1. The molecule has 2 aliphatic rings. The summed E-state index contributed by atoms with van der Waals surface area (Å²) < 4.78 is 43.7. The second kappa shape index (κ2) is 10.3. The van der Waals surface area contributed by atoms with Crippen LogP contribution in [0.1, 0.15) is 27.9 Å². The molecule has 0 aliphatic carbocycles. The van der Waals surface area contributed by atoms with Crippen molar-refractivity contribution in [3.63, 3.8) is 0 Å². The van der Waals surface area contributed by atoms with Crippen LogP contribution >= 0.6 is 0 Å². The number of carboxylic acids is 1. The van der Waals surface area contributed by atoms with E-state index in [9.17, 15) is 18.0 Å². The first-order valence-electron chi connectivity index (χ1n) is 10.4. The molecule has 1 atom stereocenters. The van der Waals surface area contributed by atoms with Gasteiger partial charge in [0.05, 0.1) is 26.3 Å². The van der Waals surface area contributed by atoms with Gasteiger partial charge in [0.2, 0.25) is 0 Å². The van der Waals surface area contributed by atoms with Crippen LogP contribution in [0.4, 0.5) is 13.2 Å². The summed E-state index contributed by atoms with van der Waals surface area (Å²) in [5.74, 6) is -2.33. The highest BCUT2D eigenvalue weighted by molar-refractivity contribution is 5.95. The minimum atomic E-state index is -5.08. The number of hydrogen-bond acceptors (Lipinski definition) is 5. The van der Waals surface area contributed by atoms with Crippen molar-refractivity contribution in [2.75, 3.05) is 26.3 Å². The number of rotatable bonds is 5. The first kappa shape index (κ1) is 24.7. The number of likely N-dealkylation sites (tertiary alicyclic amines) is 1. The summed E-state index contributed by atoms with van der Waals surface area (Å²) in [5, 5.41) is 7.12. The highest BCUT2D eigenvalue weighted by Crippen LogP contribution is 2.40. The Morgan fingerprint density at radius 2 is 1.91 bits per heavy atom. The van der Waals surface area contributed by atoms with E-state index in [0.29, 0.717) is 32.2 Å². The van der Waals surface area contributed by atoms with E-state index in [2.05, 4.69) is 4.98 Å². The minimum absolute atomic E-state index is 0.0891. The first-order chi connectivity index (χ1) is 15.6. The molecule has 4 rings (SSSR count). The lowest BCUT2D eigenvalue weighted by molar-refractivity contribution is -0.192. The number of aliphatic carboxylic acids is 1. The molecule has 1 N–H and O–H groups in total. The molecule has 1 unspecified atom stereocenters. The number of hydrogen-bond donors (Lipinski definition) is 1. The van der Waals surface area contributed by atoms with Crippen molar-refractivity contribution in [2.24, 2.45) is 5.92 Å². The SMILES string of the molecule is Cc1cccc(C(=O)N2CC3(C2)OCCC3COCc2ccncc2)c1.O=C(O)C(F)(F)F. The zero-order chi connectivity index (χ0) is 24.1. The molecular formula is C23H25F3N2O5. The van der Waals surface area contributed by atoms with E-state index in [1.54, 1.807) is 12.4 Å². The van der Waals surface area contributed by atoms with Crippen molar-refractivity contribution in [3.05, 3.63) is 65.5 Å². The summed E-state index contributed by atoms with van der Waals surface area (Å²) in [6.45, 7) is 5.31. The number of amides is 1. The topological polar surface area (TPSA) is 89.0 Å². The summed E-state index contributed by atoms with van der Waals surface area (Å²) in [5.41, 5.74) is 2.75. The molecule has 1 aromatic carbocycles. The van der Waals surface area contributed by atoms with Gasteiger partial charge in [0.1, 0.15) is 5.60 Å². The predicted molar refractivity (Wildman–Crippen MR) is 111 cm³/mol. The number of alkyl halides is 3. The number of carbonyl (C=O) groups is 2. The van der Waals surface area contributed by atoms with Crippen LogP contribution in [-0.2, 0) is 20.9 Å². The molecule has 2 aliphatic heterocycles. The van der Waals surface area contributed by atoms with Gasteiger partial charge in [-0.25, -0.2) is 4.79 Å². The van der Waals surface area contributed by atoms with E-state index >= 15 is 0 Å². The number of halogens is 3. The molecule has 10 heteroatoms. The second-order valence-corrected chi connectivity index (χ2v) is 8.10. The van der Waals surface area contributed by atoms with Crippen LogP contribution in [0.25, 0.3) is 0 Å². The molecule has 0 saturated carbocycles. The number of pyridine rings is 1. The van der Waals surface area contributed by atoms with Crippen molar-refractivity contribution in [2.45, 2.75) is 31.7 Å². The first-order valence-corrected chi connectivity index (χ1v) is 10.4. The lowest BCUT2D eigenvalue weighted by atomic mass is 9.81. The number of benzene rings is 1. The Bertz CT molecular complexity index is 962. The van der Waals surface area contributed by atoms with Gasteiger partial charge in [-0.15, -0.1) is 0 Å². The Balaban J connectivity index is 0.000000383. The van der Waals surface area contributed by atoms with Gasteiger partial charge in [0.15, 0.2) is 0 Å². The average Bonchev–Trinajstić information content (AvgIpc) is 3.17. The van der Waals surface area contributed by atoms with Gasteiger partial charge in [-0.05, 0) is 43.2 Å². The van der Waals surface area contributed by atoms with Gasteiger partial charge in [-0.2, -0.15) is 13.2 Å². The van der Waals surface area contributed by atoms with Crippen LogP contribution in [0.15, 0.2) is 48.8 Å². The highest BCUT2D eigenvalue weighted by Gasteiger charge is 2.54. The van der Waals surface area contributed by atoms with Crippen LogP contribution in [0.5, 0.6) is 0 Å². The van der Waals surface area contributed by atoms with Crippen LogP contribution < -0.4 is 0 Å². The Morgan fingerprint density at radius 1 is 1.24 bits per heavy atom. The number of aromatic nitrogens is 1. The van der Waals surface area contributed by atoms with Crippen LogP contribution in [-0.4, -0.2) is 64.9 Å². The fraction of sp³-hybridized carbons (Fsp3) is 0.435. The zero-order valence-electron chi connectivity index (χ0n) is 18.0. The number of ether oxygens (including phenoxy) is 2. The molecule has 178 valence electrons. The summed E-state index contributed by atoms with van der Waals surface area (Å²) in [7, 11) is 0.